The second-order valence-corrected chi connectivity index (χ2v) is 4.41. The fourth-order valence-electron chi connectivity index (χ4n) is 1.06. The topological polar surface area (TPSA) is 39.2 Å². The highest BCUT2D eigenvalue weighted by atomic mass is 35.5. The summed E-state index contributed by atoms with van der Waals surface area (Å²) >= 11 is 5.70. The molecule has 0 N–H and O–H groups in total. The molecular weight excluding hydrogens is 214 g/mol. The zero-order valence-electron chi connectivity index (χ0n) is 9.08. The summed E-state index contributed by atoms with van der Waals surface area (Å²) in [6.07, 6.45) is 1.55. The van der Waals surface area contributed by atoms with Crippen LogP contribution in [0.2, 0.25) is 0 Å². The molecule has 3 nitrogen and oxygen atoms in total. The van der Waals surface area contributed by atoms with Crippen molar-refractivity contribution in [1.82, 2.24) is 4.98 Å². The maximum absolute atomic E-state index is 11.7. The zero-order chi connectivity index (χ0) is 11.5. The van der Waals surface area contributed by atoms with Gasteiger partial charge in [-0.1, -0.05) is 6.07 Å². The number of halogens is 1. The van der Waals surface area contributed by atoms with Crippen molar-refractivity contribution in [1.29, 1.82) is 0 Å². The van der Waals surface area contributed by atoms with Crippen LogP contribution in [0.3, 0.4) is 0 Å². The standard InChI is InChI=1S/C11H14ClNO2/c1-11(2,3)15-10(14)9-8(7-12)5-4-6-13-9/h4-6H,7H2,1-3H3. The van der Waals surface area contributed by atoms with Gasteiger partial charge in [0.05, 0.1) is 0 Å². The van der Waals surface area contributed by atoms with Crippen LogP contribution < -0.4 is 0 Å². The Morgan fingerprint density at radius 2 is 2.20 bits per heavy atom. The van der Waals surface area contributed by atoms with Crippen LogP contribution in [-0.4, -0.2) is 16.6 Å². The normalized spacial score (nSPS) is 11.2. The monoisotopic (exact) mass is 227 g/mol. The Bertz CT molecular complexity index is 358. The van der Waals surface area contributed by atoms with Crippen LogP contribution in [0.25, 0.3) is 0 Å². The van der Waals surface area contributed by atoms with E-state index >= 15 is 0 Å². The molecule has 0 atom stereocenters. The largest absolute Gasteiger partial charge is 0.455 e. The van der Waals surface area contributed by atoms with Gasteiger partial charge in [0, 0.05) is 17.6 Å². The Hall–Kier alpha value is -1.09. The number of rotatable bonds is 2. The van der Waals surface area contributed by atoms with Crippen LogP contribution in [0.5, 0.6) is 0 Å². The SMILES string of the molecule is CC(C)(C)OC(=O)c1ncccc1CCl. The molecule has 0 spiro atoms. The number of aromatic nitrogens is 1. The van der Waals surface area contributed by atoms with Crippen molar-refractivity contribution in [3.8, 4) is 0 Å². The molecule has 0 bridgehead atoms. The van der Waals surface area contributed by atoms with Gasteiger partial charge in [0.2, 0.25) is 0 Å². The molecule has 0 radical (unpaired) electrons. The average molecular weight is 228 g/mol. The van der Waals surface area contributed by atoms with Gasteiger partial charge in [-0.05, 0) is 26.8 Å². The molecule has 0 fully saturated rings. The Morgan fingerprint density at radius 3 is 2.73 bits per heavy atom. The van der Waals surface area contributed by atoms with Gasteiger partial charge in [0.15, 0.2) is 5.69 Å². The number of hydrogen-bond donors (Lipinski definition) is 0. The first-order chi connectivity index (χ1) is 6.94. The van der Waals surface area contributed by atoms with E-state index in [1.165, 1.54) is 0 Å². The van der Waals surface area contributed by atoms with Crippen molar-refractivity contribution in [3.63, 3.8) is 0 Å². The molecule has 0 aliphatic rings. The second kappa shape index (κ2) is 4.62. The summed E-state index contributed by atoms with van der Waals surface area (Å²) in [5, 5.41) is 0. The summed E-state index contributed by atoms with van der Waals surface area (Å²) in [7, 11) is 0. The minimum absolute atomic E-state index is 0.252. The van der Waals surface area contributed by atoms with Crippen LogP contribution >= 0.6 is 11.6 Å². The first-order valence-electron chi connectivity index (χ1n) is 4.67. The molecular formula is C11H14ClNO2. The Labute approximate surface area is 94.4 Å². The quantitative estimate of drug-likeness (QED) is 0.576. The van der Waals surface area contributed by atoms with Gasteiger partial charge in [-0.3, -0.25) is 0 Å². The van der Waals surface area contributed by atoms with Crippen molar-refractivity contribution < 1.29 is 9.53 Å². The lowest BCUT2D eigenvalue weighted by Crippen LogP contribution is -2.25. The molecule has 1 aromatic rings. The minimum Gasteiger partial charge on any atom is -0.455 e. The van der Waals surface area contributed by atoms with Crippen LogP contribution in [0.15, 0.2) is 18.3 Å². The predicted molar refractivity (Wildman–Crippen MR) is 59.0 cm³/mol. The van der Waals surface area contributed by atoms with Crippen molar-refractivity contribution in [2.45, 2.75) is 32.3 Å². The summed E-state index contributed by atoms with van der Waals surface area (Å²) in [5.41, 5.74) is 0.467. The lowest BCUT2D eigenvalue weighted by molar-refractivity contribution is 0.00619. The van der Waals surface area contributed by atoms with Crippen LogP contribution in [0, 0.1) is 0 Å². The Kier molecular flexibility index (Phi) is 3.69. The van der Waals surface area contributed by atoms with Crippen molar-refractivity contribution in [2.24, 2.45) is 0 Å². The molecule has 0 aliphatic heterocycles. The molecule has 0 saturated carbocycles. The van der Waals surface area contributed by atoms with Gasteiger partial charge in [-0.15, -0.1) is 11.6 Å². The van der Waals surface area contributed by atoms with Gasteiger partial charge in [0.1, 0.15) is 5.60 Å². The summed E-state index contributed by atoms with van der Waals surface area (Å²) in [6.45, 7) is 5.44. The van der Waals surface area contributed by atoms with Crippen molar-refractivity contribution >= 4 is 17.6 Å². The summed E-state index contributed by atoms with van der Waals surface area (Å²) in [6, 6.07) is 3.50. The third kappa shape index (κ3) is 3.51. The lowest BCUT2D eigenvalue weighted by Gasteiger charge is -2.19. The van der Waals surface area contributed by atoms with E-state index in [1.54, 1.807) is 18.3 Å². The number of carbonyl (C=O) groups excluding carboxylic acids is 1. The number of alkyl halides is 1. The molecule has 1 aromatic heterocycles. The van der Waals surface area contributed by atoms with Crippen molar-refractivity contribution in [2.75, 3.05) is 0 Å². The molecule has 0 aliphatic carbocycles. The number of nitrogens with zero attached hydrogens (tertiary/aromatic N) is 1. The highest BCUT2D eigenvalue weighted by molar-refractivity contribution is 6.17. The molecule has 0 unspecified atom stereocenters. The van der Waals surface area contributed by atoms with E-state index < -0.39 is 11.6 Å². The lowest BCUT2D eigenvalue weighted by atomic mass is 10.2. The molecule has 0 aromatic carbocycles. The first-order valence-corrected chi connectivity index (χ1v) is 5.20. The van der Waals surface area contributed by atoms with E-state index in [0.717, 1.165) is 0 Å². The highest BCUT2D eigenvalue weighted by Gasteiger charge is 2.20. The maximum Gasteiger partial charge on any atom is 0.357 e. The molecule has 4 heteroatoms. The van der Waals surface area contributed by atoms with E-state index in [-0.39, 0.29) is 5.88 Å². The number of hydrogen-bond acceptors (Lipinski definition) is 3. The van der Waals surface area contributed by atoms with Crippen LogP contribution in [-0.2, 0) is 10.6 Å². The van der Waals surface area contributed by atoms with Crippen LogP contribution in [0.4, 0.5) is 0 Å². The molecule has 1 heterocycles. The van der Waals surface area contributed by atoms with Gasteiger partial charge in [0.25, 0.3) is 0 Å². The molecule has 1 rings (SSSR count). The smallest absolute Gasteiger partial charge is 0.357 e. The first kappa shape index (κ1) is 12.0. The zero-order valence-corrected chi connectivity index (χ0v) is 9.84. The Morgan fingerprint density at radius 1 is 1.53 bits per heavy atom. The fourth-order valence-corrected chi connectivity index (χ4v) is 1.27. The molecule has 15 heavy (non-hydrogen) atoms. The van der Waals surface area contributed by atoms with Crippen molar-refractivity contribution in [3.05, 3.63) is 29.6 Å². The van der Waals surface area contributed by atoms with Gasteiger partial charge >= 0.3 is 5.97 Å². The maximum atomic E-state index is 11.7. The van der Waals surface area contributed by atoms with Crippen LogP contribution in [0.1, 0.15) is 36.8 Å². The predicted octanol–water partition coefficient (Wildman–Crippen LogP) is 2.78. The van der Waals surface area contributed by atoms with E-state index in [1.807, 2.05) is 20.8 Å². The van der Waals surface area contributed by atoms with Gasteiger partial charge < -0.3 is 4.74 Å². The molecule has 0 amide bonds. The molecule has 0 saturated heterocycles. The van der Waals surface area contributed by atoms with Gasteiger partial charge in [-0.2, -0.15) is 0 Å². The van der Waals surface area contributed by atoms with E-state index in [9.17, 15) is 4.79 Å². The van der Waals surface area contributed by atoms with E-state index in [2.05, 4.69) is 4.98 Å². The minimum atomic E-state index is -0.516. The number of esters is 1. The summed E-state index contributed by atoms with van der Waals surface area (Å²) < 4.78 is 5.21. The number of carbonyl (C=O) groups is 1. The average Bonchev–Trinajstić information content (AvgIpc) is 2.15. The number of ether oxygens (including phenoxy) is 1. The molecule has 82 valence electrons. The second-order valence-electron chi connectivity index (χ2n) is 4.15. The third-order valence-corrected chi connectivity index (χ3v) is 1.92. The third-order valence-electron chi connectivity index (χ3n) is 1.63. The van der Waals surface area contributed by atoms with E-state index in [0.29, 0.717) is 11.3 Å². The van der Waals surface area contributed by atoms with Gasteiger partial charge in [-0.25, -0.2) is 9.78 Å². The Balaban J connectivity index is 2.91. The highest BCUT2D eigenvalue weighted by Crippen LogP contribution is 2.14. The number of pyridine rings is 1. The summed E-state index contributed by atoms with van der Waals surface area (Å²) in [4.78, 5) is 15.7. The summed E-state index contributed by atoms with van der Waals surface area (Å²) in [5.74, 6) is -0.179. The van der Waals surface area contributed by atoms with E-state index in [4.69, 9.17) is 16.3 Å². The fraction of sp³-hybridized carbons (Fsp3) is 0.455.